The standard InChI is InChI=1S/C24H20FNO5S/c1-2-31-19-14-8-16(9-15-19)21-23(32(29,30)20-6-4-3-5-7-20)22(27)24(28)26(21)18-12-10-17(25)11-13-18/h3-15,21,27H,2H2,1H3/t21-/m0/s1. The number of sulfone groups is 1. The van der Waals surface area contributed by atoms with Crippen molar-refractivity contribution < 1.29 is 27.4 Å². The second-order valence-corrected chi connectivity index (χ2v) is 9.00. The second-order valence-electron chi connectivity index (χ2n) is 7.09. The first-order valence-corrected chi connectivity index (χ1v) is 11.4. The number of nitrogens with zero attached hydrogens (tertiary/aromatic N) is 1. The number of carbonyl (C=O) groups is 1. The minimum absolute atomic E-state index is 0.0498. The number of carbonyl (C=O) groups excluding carboxylic acids is 1. The SMILES string of the molecule is CCOc1ccc([C@H]2C(S(=O)(=O)c3ccccc3)=C(O)C(=O)N2c2ccc(F)cc2)cc1. The van der Waals surface area contributed by atoms with E-state index < -0.39 is 38.3 Å². The van der Waals surface area contributed by atoms with Crippen LogP contribution in [0.3, 0.4) is 0 Å². The molecule has 6 nitrogen and oxygen atoms in total. The molecule has 3 aromatic carbocycles. The third-order valence-corrected chi connectivity index (χ3v) is 7.00. The molecule has 1 amide bonds. The van der Waals surface area contributed by atoms with Gasteiger partial charge in [0.25, 0.3) is 5.91 Å². The summed E-state index contributed by atoms with van der Waals surface area (Å²) in [6.45, 7) is 2.29. The van der Waals surface area contributed by atoms with Gasteiger partial charge in [0.2, 0.25) is 9.84 Å². The molecule has 164 valence electrons. The lowest BCUT2D eigenvalue weighted by Crippen LogP contribution is -2.31. The van der Waals surface area contributed by atoms with Gasteiger partial charge in [-0.2, -0.15) is 0 Å². The average molecular weight is 453 g/mol. The van der Waals surface area contributed by atoms with Gasteiger partial charge in [0.1, 0.15) is 22.5 Å². The highest BCUT2D eigenvalue weighted by Gasteiger charge is 2.47. The van der Waals surface area contributed by atoms with E-state index in [4.69, 9.17) is 4.74 Å². The normalized spacial score (nSPS) is 16.5. The number of anilines is 1. The molecular weight excluding hydrogens is 433 g/mol. The van der Waals surface area contributed by atoms with Crippen molar-refractivity contribution in [3.63, 3.8) is 0 Å². The number of rotatable bonds is 6. The molecule has 4 rings (SSSR count). The maximum atomic E-state index is 13.5. The minimum atomic E-state index is -4.23. The summed E-state index contributed by atoms with van der Waals surface area (Å²) in [5, 5.41) is 10.7. The van der Waals surface area contributed by atoms with Crippen molar-refractivity contribution in [2.45, 2.75) is 17.9 Å². The second kappa shape index (κ2) is 8.47. The van der Waals surface area contributed by atoms with Gasteiger partial charge in [0, 0.05) is 5.69 Å². The molecule has 32 heavy (non-hydrogen) atoms. The molecule has 1 aliphatic rings. The Bertz CT molecular complexity index is 1270. The van der Waals surface area contributed by atoms with Crippen LogP contribution in [-0.4, -0.2) is 26.0 Å². The lowest BCUT2D eigenvalue weighted by atomic mass is 10.1. The summed E-state index contributed by atoms with van der Waals surface area (Å²) in [6, 6.07) is 18.1. The molecule has 0 unspecified atom stereocenters. The lowest BCUT2D eigenvalue weighted by molar-refractivity contribution is -0.117. The number of hydrogen-bond acceptors (Lipinski definition) is 5. The summed E-state index contributed by atoms with van der Waals surface area (Å²) in [6.07, 6.45) is 0. The van der Waals surface area contributed by atoms with Crippen molar-refractivity contribution in [1.29, 1.82) is 0 Å². The maximum absolute atomic E-state index is 13.5. The third-order valence-electron chi connectivity index (χ3n) is 5.12. The summed E-state index contributed by atoms with van der Waals surface area (Å²) in [4.78, 5) is 13.7. The number of aliphatic hydroxyl groups excluding tert-OH is 1. The van der Waals surface area contributed by atoms with E-state index in [0.29, 0.717) is 17.9 Å². The van der Waals surface area contributed by atoms with Crippen LogP contribution in [0.5, 0.6) is 5.75 Å². The highest BCUT2D eigenvalue weighted by molar-refractivity contribution is 7.95. The molecule has 1 N–H and O–H groups in total. The number of halogens is 1. The quantitative estimate of drug-likeness (QED) is 0.592. The Morgan fingerprint density at radius 2 is 1.59 bits per heavy atom. The van der Waals surface area contributed by atoms with E-state index in [1.807, 2.05) is 6.92 Å². The molecule has 8 heteroatoms. The zero-order valence-corrected chi connectivity index (χ0v) is 17.9. The molecule has 3 aromatic rings. The third kappa shape index (κ3) is 3.73. The first kappa shape index (κ1) is 21.6. The number of ether oxygens (including phenoxy) is 1. The van der Waals surface area contributed by atoms with Gasteiger partial charge in [-0.3, -0.25) is 9.69 Å². The van der Waals surface area contributed by atoms with Crippen LogP contribution in [0.15, 0.2) is 94.4 Å². The smallest absolute Gasteiger partial charge is 0.295 e. The number of amides is 1. The first-order valence-electron chi connectivity index (χ1n) is 9.89. The number of benzene rings is 3. The number of hydrogen-bond donors (Lipinski definition) is 1. The van der Waals surface area contributed by atoms with Gasteiger partial charge in [-0.15, -0.1) is 0 Å². The molecule has 0 aliphatic carbocycles. The van der Waals surface area contributed by atoms with Gasteiger partial charge in [-0.25, -0.2) is 12.8 Å². The van der Waals surface area contributed by atoms with Crippen molar-refractivity contribution in [2.75, 3.05) is 11.5 Å². The summed E-state index contributed by atoms with van der Waals surface area (Å²) in [5.74, 6) is -1.68. The van der Waals surface area contributed by atoms with E-state index in [0.717, 1.165) is 4.90 Å². The maximum Gasteiger partial charge on any atom is 0.295 e. The molecule has 0 fully saturated rings. The summed E-state index contributed by atoms with van der Waals surface area (Å²) < 4.78 is 45.9. The van der Waals surface area contributed by atoms with Crippen LogP contribution in [0.4, 0.5) is 10.1 Å². The zero-order chi connectivity index (χ0) is 22.9. The fourth-order valence-electron chi connectivity index (χ4n) is 3.67. The summed E-state index contributed by atoms with van der Waals surface area (Å²) in [5.41, 5.74) is 0.699. The first-order chi connectivity index (χ1) is 15.3. The van der Waals surface area contributed by atoms with Crippen molar-refractivity contribution >= 4 is 21.4 Å². The van der Waals surface area contributed by atoms with Crippen LogP contribution in [0.25, 0.3) is 0 Å². The van der Waals surface area contributed by atoms with Crippen molar-refractivity contribution in [1.82, 2.24) is 0 Å². The van der Waals surface area contributed by atoms with E-state index in [1.165, 1.54) is 36.4 Å². The fraction of sp³-hybridized carbons (Fsp3) is 0.125. The topological polar surface area (TPSA) is 83.9 Å². The molecule has 1 aliphatic heterocycles. The van der Waals surface area contributed by atoms with Crippen molar-refractivity contribution in [2.24, 2.45) is 0 Å². The molecule has 0 aromatic heterocycles. The van der Waals surface area contributed by atoms with Crippen molar-refractivity contribution in [3.05, 3.63) is 101 Å². The Hall–Kier alpha value is -3.65. The monoisotopic (exact) mass is 453 g/mol. The number of aliphatic hydroxyl groups is 1. The van der Waals surface area contributed by atoms with Gasteiger partial charge in [0.15, 0.2) is 5.76 Å². The van der Waals surface area contributed by atoms with E-state index >= 15 is 0 Å². The van der Waals surface area contributed by atoms with Gasteiger partial charge >= 0.3 is 0 Å². The fourth-order valence-corrected chi connectivity index (χ4v) is 5.31. The molecule has 0 radical (unpaired) electrons. The Kier molecular flexibility index (Phi) is 5.71. The van der Waals surface area contributed by atoms with Gasteiger partial charge < -0.3 is 9.84 Å². The van der Waals surface area contributed by atoms with E-state index in [1.54, 1.807) is 42.5 Å². The Morgan fingerprint density at radius 3 is 2.19 bits per heavy atom. The Labute approximate surface area is 185 Å². The van der Waals surface area contributed by atoms with Gasteiger partial charge in [0.05, 0.1) is 11.5 Å². The van der Waals surface area contributed by atoms with E-state index in [9.17, 15) is 22.7 Å². The largest absolute Gasteiger partial charge is 0.502 e. The van der Waals surface area contributed by atoms with Gasteiger partial charge in [-0.1, -0.05) is 30.3 Å². The van der Waals surface area contributed by atoms with Crippen LogP contribution in [0, 0.1) is 5.82 Å². The predicted octanol–water partition coefficient (Wildman–Crippen LogP) is 4.56. The van der Waals surface area contributed by atoms with Crippen LogP contribution < -0.4 is 9.64 Å². The summed E-state index contributed by atoms with van der Waals surface area (Å²) in [7, 11) is -4.23. The van der Waals surface area contributed by atoms with Crippen LogP contribution >= 0.6 is 0 Å². The highest BCUT2D eigenvalue weighted by Crippen LogP contribution is 2.45. The molecular formula is C24H20FNO5S. The average Bonchev–Trinajstić information content (AvgIpc) is 3.07. The lowest BCUT2D eigenvalue weighted by Gasteiger charge is -2.27. The molecule has 1 heterocycles. The van der Waals surface area contributed by atoms with Gasteiger partial charge in [-0.05, 0) is 61.0 Å². The van der Waals surface area contributed by atoms with Crippen LogP contribution in [0.2, 0.25) is 0 Å². The molecule has 0 saturated carbocycles. The Morgan fingerprint density at radius 1 is 0.969 bits per heavy atom. The molecule has 0 saturated heterocycles. The van der Waals surface area contributed by atoms with E-state index in [-0.39, 0.29) is 10.6 Å². The molecule has 1 atom stereocenters. The van der Waals surface area contributed by atoms with Crippen LogP contribution in [-0.2, 0) is 14.6 Å². The minimum Gasteiger partial charge on any atom is -0.502 e. The zero-order valence-electron chi connectivity index (χ0n) is 17.1. The molecule has 0 bridgehead atoms. The van der Waals surface area contributed by atoms with E-state index in [2.05, 4.69) is 0 Å². The van der Waals surface area contributed by atoms with Crippen LogP contribution in [0.1, 0.15) is 18.5 Å². The molecule has 0 spiro atoms. The van der Waals surface area contributed by atoms with Crippen molar-refractivity contribution in [3.8, 4) is 5.75 Å². The highest BCUT2D eigenvalue weighted by atomic mass is 32.2. The summed E-state index contributed by atoms with van der Waals surface area (Å²) >= 11 is 0. The predicted molar refractivity (Wildman–Crippen MR) is 118 cm³/mol. The Balaban J connectivity index is 1.90.